The normalized spacial score (nSPS) is 12.9. The van der Waals surface area contributed by atoms with Gasteiger partial charge in [-0.15, -0.1) is 0 Å². The largest absolute Gasteiger partial charge is 0.396 e. The Hall–Kier alpha value is -0.860. The van der Waals surface area contributed by atoms with E-state index in [0.29, 0.717) is 12.5 Å². The maximum absolute atomic E-state index is 8.76. The first-order chi connectivity index (χ1) is 8.67. The molecule has 18 heavy (non-hydrogen) atoms. The van der Waals surface area contributed by atoms with Crippen LogP contribution in [0.25, 0.3) is 0 Å². The van der Waals surface area contributed by atoms with E-state index in [4.69, 9.17) is 5.11 Å². The van der Waals surface area contributed by atoms with Crippen LogP contribution in [0.5, 0.6) is 0 Å². The molecule has 0 spiro atoms. The maximum Gasteiger partial charge on any atom is 0.0431 e. The van der Waals surface area contributed by atoms with E-state index in [-0.39, 0.29) is 0 Å². The number of aliphatic hydroxyl groups is 1. The van der Waals surface area contributed by atoms with Crippen LogP contribution in [-0.2, 0) is 6.54 Å². The van der Waals surface area contributed by atoms with E-state index in [1.54, 1.807) is 0 Å². The molecule has 1 aromatic carbocycles. The summed E-state index contributed by atoms with van der Waals surface area (Å²) < 4.78 is 0. The van der Waals surface area contributed by atoms with Crippen LogP contribution in [0.3, 0.4) is 0 Å². The molecule has 0 saturated heterocycles. The highest BCUT2D eigenvalue weighted by Crippen LogP contribution is 2.19. The minimum absolute atomic E-state index is 0.303. The van der Waals surface area contributed by atoms with Crippen LogP contribution in [0, 0.1) is 0 Å². The van der Waals surface area contributed by atoms with Crippen molar-refractivity contribution < 1.29 is 5.11 Å². The third kappa shape index (κ3) is 5.19. The Bertz CT molecular complexity index is 320. The molecular formula is C16H27NO. The molecule has 0 saturated carbocycles. The summed E-state index contributed by atoms with van der Waals surface area (Å²) >= 11 is 0. The number of rotatable bonds is 8. The van der Waals surface area contributed by atoms with Gasteiger partial charge in [0.2, 0.25) is 0 Å². The van der Waals surface area contributed by atoms with Gasteiger partial charge in [0, 0.05) is 13.2 Å². The molecule has 0 bridgehead atoms. The minimum Gasteiger partial charge on any atom is -0.396 e. The van der Waals surface area contributed by atoms with Crippen molar-refractivity contribution in [2.45, 2.75) is 45.6 Å². The fourth-order valence-corrected chi connectivity index (χ4v) is 2.07. The molecule has 0 amide bonds. The van der Waals surface area contributed by atoms with Crippen LogP contribution >= 0.6 is 0 Å². The lowest BCUT2D eigenvalue weighted by Crippen LogP contribution is -2.19. The topological polar surface area (TPSA) is 23.5 Å². The summed E-state index contributed by atoms with van der Waals surface area (Å²) in [4.78, 5) is 2.31. The first kappa shape index (κ1) is 15.2. The van der Waals surface area contributed by atoms with Gasteiger partial charge < -0.3 is 10.0 Å². The molecule has 1 aromatic rings. The second kappa shape index (κ2) is 8.28. The molecule has 1 N–H and O–H groups in total. The van der Waals surface area contributed by atoms with Gasteiger partial charge >= 0.3 is 0 Å². The number of aliphatic hydroxyl groups excluding tert-OH is 1. The fraction of sp³-hybridized carbons (Fsp3) is 0.625. The SMILES string of the molecule is CCC(C)c1ccc(CN(C)CCCCO)cc1. The Kier molecular flexibility index (Phi) is 6.99. The molecule has 102 valence electrons. The number of nitrogens with zero attached hydrogens (tertiary/aromatic N) is 1. The molecule has 0 radical (unpaired) electrons. The monoisotopic (exact) mass is 249 g/mol. The van der Waals surface area contributed by atoms with E-state index >= 15 is 0 Å². The molecule has 2 heteroatoms. The highest BCUT2D eigenvalue weighted by molar-refractivity contribution is 5.24. The summed E-state index contributed by atoms with van der Waals surface area (Å²) in [6.45, 7) is 6.85. The van der Waals surface area contributed by atoms with Gasteiger partial charge in [0.05, 0.1) is 0 Å². The smallest absolute Gasteiger partial charge is 0.0431 e. The van der Waals surface area contributed by atoms with Crippen molar-refractivity contribution in [1.82, 2.24) is 4.90 Å². The summed E-state index contributed by atoms with van der Waals surface area (Å²) in [5.41, 5.74) is 2.80. The second-order valence-corrected chi connectivity index (χ2v) is 5.22. The summed E-state index contributed by atoms with van der Waals surface area (Å²) in [7, 11) is 2.14. The van der Waals surface area contributed by atoms with E-state index in [1.807, 2.05) is 0 Å². The van der Waals surface area contributed by atoms with E-state index in [2.05, 4.69) is 50.1 Å². The highest BCUT2D eigenvalue weighted by Gasteiger charge is 2.04. The highest BCUT2D eigenvalue weighted by atomic mass is 16.2. The lowest BCUT2D eigenvalue weighted by Gasteiger charge is -2.17. The van der Waals surface area contributed by atoms with Gasteiger partial charge in [-0.05, 0) is 49.9 Å². The molecule has 1 unspecified atom stereocenters. The molecule has 2 nitrogen and oxygen atoms in total. The Balaban J connectivity index is 2.43. The van der Waals surface area contributed by atoms with Gasteiger partial charge in [0.15, 0.2) is 0 Å². The number of hydrogen-bond donors (Lipinski definition) is 1. The van der Waals surface area contributed by atoms with Gasteiger partial charge in [-0.25, -0.2) is 0 Å². The minimum atomic E-state index is 0.303. The van der Waals surface area contributed by atoms with Crippen molar-refractivity contribution in [2.75, 3.05) is 20.2 Å². The molecule has 0 aliphatic heterocycles. The van der Waals surface area contributed by atoms with Crippen molar-refractivity contribution in [3.05, 3.63) is 35.4 Å². The summed E-state index contributed by atoms with van der Waals surface area (Å²) in [6.07, 6.45) is 3.16. The Morgan fingerprint density at radius 1 is 1.17 bits per heavy atom. The summed E-state index contributed by atoms with van der Waals surface area (Å²) in [6, 6.07) is 8.99. The van der Waals surface area contributed by atoms with Gasteiger partial charge in [-0.2, -0.15) is 0 Å². The number of unbranched alkanes of at least 4 members (excludes halogenated alkanes) is 1. The summed E-state index contributed by atoms with van der Waals surface area (Å²) in [5.74, 6) is 0.654. The zero-order valence-electron chi connectivity index (χ0n) is 12.0. The average Bonchev–Trinajstić information content (AvgIpc) is 2.39. The first-order valence-corrected chi connectivity index (χ1v) is 7.05. The van der Waals surface area contributed by atoms with Crippen LogP contribution in [0.15, 0.2) is 24.3 Å². The Labute approximate surface area is 112 Å². The van der Waals surface area contributed by atoms with Crippen molar-refractivity contribution >= 4 is 0 Å². The van der Waals surface area contributed by atoms with Gasteiger partial charge in [-0.1, -0.05) is 38.1 Å². The van der Waals surface area contributed by atoms with Crippen molar-refractivity contribution in [2.24, 2.45) is 0 Å². The van der Waals surface area contributed by atoms with E-state index in [1.165, 1.54) is 17.5 Å². The number of hydrogen-bond acceptors (Lipinski definition) is 2. The average molecular weight is 249 g/mol. The standard InChI is InChI=1S/C16H27NO/c1-4-14(2)16-9-7-15(8-10-16)13-17(3)11-5-6-12-18/h7-10,14,18H,4-6,11-13H2,1-3H3. The third-order valence-corrected chi connectivity index (χ3v) is 3.56. The summed E-state index contributed by atoms with van der Waals surface area (Å²) in [5, 5.41) is 8.76. The predicted molar refractivity (Wildman–Crippen MR) is 77.8 cm³/mol. The lowest BCUT2D eigenvalue weighted by molar-refractivity contribution is 0.261. The molecule has 0 heterocycles. The Morgan fingerprint density at radius 2 is 1.83 bits per heavy atom. The first-order valence-electron chi connectivity index (χ1n) is 7.05. The molecule has 1 atom stereocenters. The zero-order chi connectivity index (χ0) is 13.4. The van der Waals surface area contributed by atoms with Gasteiger partial charge in [0.25, 0.3) is 0 Å². The van der Waals surface area contributed by atoms with Crippen molar-refractivity contribution in [1.29, 1.82) is 0 Å². The fourth-order valence-electron chi connectivity index (χ4n) is 2.07. The van der Waals surface area contributed by atoms with E-state index in [9.17, 15) is 0 Å². The van der Waals surface area contributed by atoms with Crippen LogP contribution in [0.2, 0.25) is 0 Å². The molecule has 0 aliphatic rings. The van der Waals surface area contributed by atoms with Gasteiger partial charge in [-0.3, -0.25) is 0 Å². The Morgan fingerprint density at radius 3 is 2.39 bits per heavy atom. The number of benzene rings is 1. The van der Waals surface area contributed by atoms with Crippen molar-refractivity contribution in [3.8, 4) is 0 Å². The quantitative estimate of drug-likeness (QED) is 0.714. The second-order valence-electron chi connectivity index (χ2n) is 5.22. The third-order valence-electron chi connectivity index (χ3n) is 3.56. The molecule has 0 aromatic heterocycles. The molecular weight excluding hydrogens is 222 g/mol. The lowest BCUT2D eigenvalue weighted by atomic mass is 9.97. The van der Waals surface area contributed by atoms with E-state index in [0.717, 1.165) is 25.9 Å². The molecule has 0 aliphatic carbocycles. The van der Waals surface area contributed by atoms with Crippen LogP contribution in [0.1, 0.15) is 50.2 Å². The van der Waals surface area contributed by atoms with Crippen LogP contribution < -0.4 is 0 Å². The van der Waals surface area contributed by atoms with Crippen molar-refractivity contribution in [3.63, 3.8) is 0 Å². The van der Waals surface area contributed by atoms with Gasteiger partial charge in [0.1, 0.15) is 0 Å². The molecule has 0 fully saturated rings. The van der Waals surface area contributed by atoms with Crippen LogP contribution in [-0.4, -0.2) is 30.2 Å². The zero-order valence-corrected chi connectivity index (χ0v) is 12.0. The molecule has 1 rings (SSSR count). The maximum atomic E-state index is 8.76. The van der Waals surface area contributed by atoms with Crippen LogP contribution in [0.4, 0.5) is 0 Å². The predicted octanol–water partition coefficient (Wildman–Crippen LogP) is 3.40. The van der Waals surface area contributed by atoms with E-state index < -0.39 is 0 Å².